The van der Waals surface area contributed by atoms with Crippen molar-refractivity contribution in [1.29, 1.82) is 0 Å². The highest BCUT2D eigenvalue weighted by Crippen LogP contribution is 2.16. The number of carbonyl (C=O) groups is 1. The summed E-state index contributed by atoms with van der Waals surface area (Å²) in [7, 11) is 0. The van der Waals surface area contributed by atoms with E-state index in [0.717, 1.165) is 19.5 Å². The number of hydrogen-bond acceptors (Lipinski definition) is 3. The number of nitrogens with one attached hydrogen (secondary N) is 2. The number of hydrogen-bond donors (Lipinski definition) is 3. The van der Waals surface area contributed by atoms with Gasteiger partial charge in [-0.3, -0.25) is 14.7 Å². The van der Waals surface area contributed by atoms with E-state index in [2.05, 4.69) is 34.4 Å². The van der Waals surface area contributed by atoms with Crippen LogP contribution in [0.3, 0.4) is 0 Å². The number of likely N-dealkylation sites (tertiary alicyclic amines) is 1. The lowest BCUT2D eigenvalue weighted by Gasteiger charge is -2.21. The van der Waals surface area contributed by atoms with Crippen LogP contribution in [0.1, 0.15) is 46.5 Å². The van der Waals surface area contributed by atoms with Crippen LogP contribution in [0.15, 0.2) is 4.99 Å². The average molecular weight is 425 g/mol. The zero-order valence-electron chi connectivity index (χ0n) is 14.1. The highest BCUT2D eigenvalue weighted by atomic mass is 127. The predicted octanol–water partition coefficient (Wildman–Crippen LogP) is 1.30. The molecule has 7 heteroatoms. The van der Waals surface area contributed by atoms with Crippen molar-refractivity contribution in [2.45, 2.75) is 58.5 Å². The van der Waals surface area contributed by atoms with Gasteiger partial charge in [0.05, 0.1) is 6.54 Å². The predicted molar refractivity (Wildman–Crippen MR) is 103 cm³/mol. The number of nitrogens with zero attached hydrogens (tertiary/aromatic N) is 2. The second kappa shape index (κ2) is 11.9. The molecule has 2 atom stereocenters. The fourth-order valence-corrected chi connectivity index (χ4v) is 2.53. The molecule has 0 spiro atoms. The van der Waals surface area contributed by atoms with Crippen molar-refractivity contribution in [2.75, 3.05) is 26.2 Å². The molecule has 0 aromatic rings. The first-order chi connectivity index (χ1) is 10.1. The topological polar surface area (TPSA) is 82.8 Å². The van der Waals surface area contributed by atoms with Gasteiger partial charge in [0.25, 0.3) is 0 Å². The van der Waals surface area contributed by atoms with Gasteiger partial charge in [0.1, 0.15) is 0 Å². The van der Waals surface area contributed by atoms with E-state index in [9.17, 15) is 4.79 Å². The van der Waals surface area contributed by atoms with Crippen LogP contribution in [0.2, 0.25) is 0 Å². The molecule has 1 amide bonds. The Kier molecular flexibility index (Phi) is 11.6. The van der Waals surface area contributed by atoms with Crippen molar-refractivity contribution >= 4 is 35.8 Å². The van der Waals surface area contributed by atoms with Gasteiger partial charge in [-0.25, -0.2) is 0 Å². The van der Waals surface area contributed by atoms with Crippen LogP contribution in [-0.4, -0.2) is 55.0 Å². The van der Waals surface area contributed by atoms with Crippen LogP contribution in [0, 0.1) is 0 Å². The molecule has 0 bridgehead atoms. The summed E-state index contributed by atoms with van der Waals surface area (Å²) in [6, 6.07) is 0.745. The number of guanidine groups is 1. The number of rotatable bonds is 8. The molecule has 1 aliphatic rings. The van der Waals surface area contributed by atoms with Crippen LogP contribution >= 0.6 is 24.0 Å². The van der Waals surface area contributed by atoms with Crippen LogP contribution < -0.4 is 16.4 Å². The van der Waals surface area contributed by atoms with E-state index in [1.807, 2.05) is 6.92 Å². The monoisotopic (exact) mass is 425 g/mol. The molecule has 22 heavy (non-hydrogen) atoms. The fourth-order valence-electron chi connectivity index (χ4n) is 2.53. The Morgan fingerprint density at radius 3 is 2.82 bits per heavy atom. The molecule has 0 aromatic heterocycles. The summed E-state index contributed by atoms with van der Waals surface area (Å²) in [6.45, 7) is 9.74. The Bertz CT molecular complexity index is 351. The van der Waals surface area contributed by atoms with Crippen molar-refractivity contribution in [2.24, 2.45) is 10.7 Å². The molecule has 0 radical (unpaired) electrons. The van der Waals surface area contributed by atoms with E-state index < -0.39 is 0 Å². The zero-order valence-corrected chi connectivity index (χ0v) is 16.4. The minimum Gasteiger partial charge on any atom is -0.370 e. The normalized spacial score (nSPS) is 20.3. The molecule has 4 N–H and O–H groups in total. The van der Waals surface area contributed by atoms with Crippen molar-refractivity contribution in [1.82, 2.24) is 15.5 Å². The third kappa shape index (κ3) is 8.17. The van der Waals surface area contributed by atoms with Gasteiger partial charge in [-0.15, -0.1) is 24.0 Å². The van der Waals surface area contributed by atoms with E-state index in [1.54, 1.807) is 0 Å². The summed E-state index contributed by atoms with van der Waals surface area (Å²) in [5, 5.41) is 5.94. The van der Waals surface area contributed by atoms with Crippen molar-refractivity contribution in [3.63, 3.8) is 0 Å². The van der Waals surface area contributed by atoms with E-state index >= 15 is 0 Å². The molecule has 130 valence electrons. The summed E-state index contributed by atoms with van der Waals surface area (Å²) < 4.78 is 0. The Labute approximate surface area is 151 Å². The Morgan fingerprint density at radius 1 is 1.45 bits per heavy atom. The quantitative estimate of drug-likeness (QED) is 0.311. The number of halogens is 1. The molecule has 0 saturated carbocycles. The van der Waals surface area contributed by atoms with Crippen molar-refractivity contribution in [3.8, 4) is 0 Å². The van der Waals surface area contributed by atoms with E-state index in [0.29, 0.717) is 25.0 Å². The smallest absolute Gasteiger partial charge is 0.221 e. The average Bonchev–Trinajstić information content (AvgIpc) is 2.92. The Balaban J connectivity index is 0.00000441. The molecule has 1 saturated heterocycles. The molecule has 0 aromatic carbocycles. The number of carbonyl (C=O) groups excluding carboxylic acids is 1. The molecule has 6 nitrogen and oxygen atoms in total. The molecule has 1 rings (SSSR count). The van der Waals surface area contributed by atoms with Gasteiger partial charge in [0, 0.05) is 25.0 Å². The van der Waals surface area contributed by atoms with Gasteiger partial charge < -0.3 is 16.4 Å². The molecule has 1 heterocycles. The maximum Gasteiger partial charge on any atom is 0.221 e. The van der Waals surface area contributed by atoms with Gasteiger partial charge in [-0.1, -0.05) is 13.8 Å². The summed E-state index contributed by atoms with van der Waals surface area (Å²) in [6.07, 6.45) is 3.81. The number of nitrogens with two attached hydrogens (primary N) is 1. The minimum absolute atomic E-state index is 0. The second-order valence-corrected chi connectivity index (χ2v) is 5.70. The lowest BCUT2D eigenvalue weighted by molar-refractivity contribution is -0.121. The minimum atomic E-state index is 0. The van der Waals surface area contributed by atoms with E-state index in [4.69, 9.17) is 5.73 Å². The lowest BCUT2D eigenvalue weighted by atomic mass is 10.2. The van der Waals surface area contributed by atoms with Gasteiger partial charge in [-0.05, 0) is 39.3 Å². The van der Waals surface area contributed by atoms with Crippen LogP contribution in [0.5, 0.6) is 0 Å². The molecular weight excluding hydrogens is 393 g/mol. The van der Waals surface area contributed by atoms with Gasteiger partial charge in [-0.2, -0.15) is 0 Å². The highest BCUT2D eigenvalue weighted by molar-refractivity contribution is 14.0. The summed E-state index contributed by atoms with van der Waals surface area (Å²) in [4.78, 5) is 18.4. The van der Waals surface area contributed by atoms with E-state index in [1.165, 1.54) is 19.4 Å². The third-order valence-electron chi connectivity index (χ3n) is 4.06. The van der Waals surface area contributed by atoms with Gasteiger partial charge in [0.2, 0.25) is 5.91 Å². The zero-order chi connectivity index (χ0) is 15.7. The second-order valence-electron chi connectivity index (χ2n) is 5.70. The molecule has 1 fully saturated rings. The molecule has 0 aliphatic carbocycles. The first-order valence-electron chi connectivity index (χ1n) is 8.14. The lowest BCUT2D eigenvalue weighted by Crippen LogP contribution is -2.38. The number of aliphatic imine (C=N–C) groups is 1. The first-order valence-corrected chi connectivity index (χ1v) is 8.14. The highest BCUT2D eigenvalue weighted by Gasteiger charge is 2.22. The SMILES string of the molecule is CCC(C)NC(=O)CCNC(N)=NCC1CCCN1CC.I. The van der Waals surface area contributed by atoms with Crippen LogP contribution in [0.4, 0.5) is 0 Å². The summed E-state index contributed by atoms with van der Waals surface area (Å²) in [5.74, 6) is 0.492. The standard InChI is InChI=1S/C15H31N5O.HI/c1-4-12(3)19-14(21)8-9-17-15(16)18-11-13-7-6-10-20(13)5-2;/h12-13H,4-11H2,1-3H3,(H,19,21)(H3,16,17,18);1H. The molecule has 1 aliphatic heterocycles. The Hall–Kier alpha value is -0.570. The maximum atomic E-state index is 11.6. The third-order valence-corrected chi connectivity index (χ3v) is 4.06. The van der Waals surface area contributed by atoms with Crippen LogP contribution in [0.25, 0.3) is 0 Å². The Morgan fingerprint density at radius 2 is 2.18 bits per heavy atom. The van der Waals surface area contributed by atoms with Gasteiger partial charge in [0.15, 0.2) is 5.96 Å². The van der Waals surface area contributed by atoms with Crippen molar-refractivity contribution in [3.05, 3.63) is 0 Å². The number of likely N-dealkylation sites (N-methyl/N-ethyl adjacent to an activating group) is 1. The van der Waals surface area contributed by atoms with Crippen molar-refractivity contribution < 1.29 is 4.79 Å². The maximum absolute atomic E-state index is 11.6. The molecular formula is C15H32IN5O. The number of amides is 1. The largest absolute Gasteiger partial charge is 0.370 e. The first kappa shape index (κ1) is 21.4. The van der Waals surface area contributed by atoms with Crippen LogP contribution in [-0.2, 0) is 4.79 Å². The fraction of sp³-hybridized carbons (Fsp3) is 0.867. The molecule has 2 unspecified atom stereocenters. The summed E-state index contributed by atoms with van der Waals surface area (Å²) >= 11 is 0. The van der Waals surface area contributed by atoms with Gasteiger partial charge >= 0.3 is 0 Å². The van der Waals surface area contributed by atoms with E-state index in [-0.39, 0.29) is 35.9 Å². The summed E-state index contributed by atoms with van der Waals surface area (Å²) in [5.41, 5.74) is 5.84.